The standard InChI is InChI=1S/C19H15F2N3O2/c20-14-5-7-15(8-6-14)23-9-10-24-17(19(23)25)11-18(22-24)26-12-13-3-1-2-4-16(13)21/h1-8,11H,9-10,12H2. The van der Waals surface area contributed by atoms with E-state index in [9.17, 15) is 13.6 Å². The molecule has 0 spiro atoms. The fraction of sp³-hybridized carbons (Fsp3) is 0.158. The lowest BCUT2D eigenvalue weighted by molar-refractivity contribution is 0.0962. The first-order valence-corrected chi connectivity index (χ1v) is 8.13. The minimum absolute atomic E-state index is 0.0268. The smallest absolute Gasteiger partial charge is 0.276 e. The van der Waals surface area contributed by atoms with Crippen molar-refractivity contribution in [2.45, 2.75) is 13.2 Å². The molecule has 0 unspecified atom stereocenters. The Balaban J connectivity index is 1.52. The van der Waals surface area contributed by atoms with Crippen LogP contribution in [0.15, 0.2) is 54.6 Å². The van der Waals surface area contributed by atoms with Crippen LogP contribution in [0.3, 0.4) is 0 Å². The van der Waals surface area contributed by atoms with Crippen molar-refractivity contribution in [1.82, 2.24) is 9.78 Å². The van der Waals surface area contributed by atoms with Gasteiger partial charge in [0.05, 0.1) is 6.54 Å². The Hall–Kier alpha value is -3.22. The van der Waals surface area contributed by atoms with Crippen LogP contribution in [0, 0.1) is 11.6 Å². The van der Waals surface area contributed by atoms with Crippen LogP contribution in [-0.2, 0) is 13.2 Å². The van der Waals surface area contributed by atoms with Crippen molar-refractivity contribution in [2.75, 3.05) is 11.4 Å². The number of fused-ring (bicyclic) bond motifs is 1. The number of benzene rings is 2. The topological polar surface area (TPSA) is 47.4 Å². The van der Waals surface area contributed by atoms with Gasteiger partial charge in [0.25, 0.3) is 5.91 Å². The number of carbonyl (C=O) groups is 1. The van der Waals surface area contributed by atoms with E-state index < -0.39 is 0 Å². The van der Waals surface area contributed by atoms with Gasteiger partial charge >= 0.3 is 0 Å². The van der Waals surface area contributed by atoms with Crippen molar-refractivity contribution in [3.8, 4) is 5.88 Å². The maximum atomic E-state index is 13.7. The van der Waals surface area contributed by atoms with Crippen molar-refractivity contribution in [3.05, 3.63) is 77.5 Å². The number of rotatable bonds is 4. The average Bonchev–Trinajstić information content (AvgIpc) is 3.06. The first-order valence-electron chi connectivity index (χ1n) is 8.13. The summed E-state index contributed by atoms with van der Waals surface area (Å²) in [5, 5.41) is 4.25. The minimum atomic E-state index is -0.355. The summed E-state index contributed by atoms with van der Waals surface area (Å²) in [5.41, 5.74) is 1.42. The highest BCUT2D eigenvalue weighted by atomic mass is 19.1. The Morgan fingerprint density at radius 3 is 2.58 bits per heavy atom. The molecule has 3 aromatic rings. The van der Waals surface area contributed by atoms with Gasteiger partial charge in [-0.05, 0) is 30.3 Å². The minimum Gasteiger partial charge on any atom is -0.472 e. The van der Waals surface area contributed by atoms with E-state index in [1.807, 2.05) is 0 Å². The van der Waals surface area contributed by atoms with Gasteiger partial charge in [0.15, 0.2) is 0 Å². The lowest BCUT2D eigenvalue weighted by atomic mass is 10.2. The monoisotopic (exact) mass is 355 g/mol. The van der Waals surface area contributed by atoms with Crippen LogP contribution in [0.4, 0.5) is 14.5 Å². The number of aromatic nitrogens is 2. The first-order chi connectivity index (χ1) is 12.6. The SMILES string of the molecule is O=C1c2cc(OCc3ccccc3F)nn2CCN1c1ccc(F)cc1. The van der Waals surface area contributed by atoms with Crippen LogP contribution in [0.25, 0.3) is 0 Å². The summed E-state index contributed by atoms with van der Waals surface area (Å²) in [6.45, 7) is 0.937. The van der Waals surface area contributed by atoms with Crippen molar-refractivity contribution in [2.24, 2.45) is 0 Å². The van der Waals surface area contributed by atoms with E-state index in [4.69, 9.17) is 4.74 Å². The lowest BCUT2D eigenvalue weighted by Gasteiger charge is -2.27. The summed E-state index contributed by atoms with van der Waals surface area (Å²) in [5.74, 6) is -0.684. The number of anilines is 1. The highest BCUT2D eigenvalue weighted by molar-refractivity contribution is 6.05. The third kappa shape index (κ3) is 3.03. The van der Waals surface area contributed by atoms with Crippen molar-refractivity contribution < 1.29 is 18.3 Å². The molecule has 5 nitrogen and oxygen atoms in total. The van der Waals surface area contributed by atoms with E-state index in [1.165, 1.54) is 18.2 Å². The molecule has 0 aliphatic carbocycles. The Labute approximate surface area is 148 Å². The van der Waals surface area contributed by atoms with Crippen LogP contribution in [-0.4, -0.2) is 22.2 Å². The predicted molar refractivity (Wildman–Crippen MR) is 91.0 cm³/mol. The largest absolute Gasteiger partial charge is 0.472 e. The average molecular weight is 355 g/mol. The molecule has 132 valence electrons. The maximum absolute atomic E-state index is 13.7. The number of halogens is 2. The third-order valence-corrected chi connectivity index (χ3v) is 4.23. The lowest BCUT2D eigenvalue weighted by Crippen LogP contribution is -2.40. The van der Waals surface area contributed by atoms with Gasteiger partial charge < -0.3 is 9.64 Å². The molecule has 1 aliphatic heterocycles. The van der Waals surface area contributed by atoms with Crippen molar-refractivity contribution in [1.29, 1.82) is 0 Å². The molecule has 0 radical (unpaired) electrons. The van der Waals surface area contributed by atoms with Crippen LogP contribution < -0.4 is 9.64 Å². The number of hydrogen-bond acceptors (Lipinski definition) is 3. The summed E-state index contributed by atoms with van der Waals surface area (Å²) in [6.07, 6.45) is 0. The molecule has 1 aliphatic rings. The van der Waals surface area contributed by atoms with Gasteiger partial charge in [-0.25, -0.2) is 8.78 Å². The number of carbonyl (C=O) groups excluding carboxylic acids is 1. The second kappa shape index (κ2) is 6.59. The molecule has 4 rings (SSSR count). The zero-order chi connectivity index (χ0) is 18.1. The number of ether oxygens (including phenoxy) is 1. The van der Waals surface area contributed by atoms with E-state index in [1.54, 1.807) is 46.0 Å². The number of amides is 1. The molecule has 1 amide bonds. The van der Waals surface area contributed by atoms with Gasteiger partial charge in [0.2, 0.25) is 5.88 Å². The second-order valence-corrected chi connectivity index (χ2v) is 5.90. The molecule has 1 aromatic heterocycles. The molecule has 0 atom stereocenters. The van der Waals surface area contributed by atoms with E-state index in [2.05, 4.69) is 5.10 Å². The van der Waals surface area contributed by atoms with E-state index in [-0.39, 0.29) is 30.0 Å². The summed E-state index contributed by atoms with van der Waals surface area (Å²) >= 11 is 0. The Bertz CT molecular complexity index is 954. The van der Waals surface area contributed by atoms with Crippen LogP contribution in [0.2, 0.25) is 0 Å². The van der Waals surface area contributed by atoms with E-state index in [0.717, 1.165) is 0 Å². The van der Waals surface area contributed by atoms with Crippen LogP contribution in [0.1, 0.15) is 16.1 Å². The van der Waals surface area contributed by atoms with E-state index >= 15 is 0 Å². The van der Waals surface area contributed by atoms with Gasteiger partial charge in [-0.15, -0.1) is 5.10 Å². The Kier molecular flexibility index (Phi) is 4.12. The molecule has 0 bridgehead atoms. The maximum Gasteiger partial charge on any atom is 0.276 e. The summed E-state index contributed by atoms with van der Waals surface area (Å²) in [6, 6.07) is 13.6. The predicted octanol–water partition coefficient (Wildman–Crippen LogP) is 3.40. The van der Waals surface area contributed by atoms with Gasteiger partial charge in [-0.2, -0.15) is 0 Å². The van der Waals surface area contributed by atoms with E-state index in [0.29, 0.717) is 30.0 Å². The highest BCUT2D eigenvalue weighted by Gasteiger charge is 2.28. The van der Waals surface area contributed by atoms with Gasteiger partial charge in [0, 0.05) is 23.9 Å². The quantitative estimate of drug-likeness (QED) is 0.721. The zero-order valence-corrected chi connectivity index (χ0v) is 13.7. The molecule has 0 saturated heterocycles. The Morgan fingerprint density at radius 1 is 1.04 bits per heavy atom. The third-order valence-electron chi connectivity index (χ3n) is 4.23. The molecular weight excluding hydrogens is 340 g/mol. The van der Waals surface area contributed by atoms with Gasteiger partial charge in [-0.3, -0.25) is 9.48 Å². The molecule has 0 N–H and O–H groups in total. The molecule has 0 fully saturated rings. The van der Waals surface area contributed by atoms with Crippen molar-refractivity contribution in [3.63, 3.8) is 0 Å². The molecule has 0 saturated carbocycles. The molecule has 7 heteroatoms. The number of hydrogen-bond donors (Lipinski definition) is 0. The molecule has 2 aromatic carbocycles. The number of nitrogens with zero attached hydrogens (tertiary/aromatic N) is 3. The Morgan fingerprint density at radius 2 is 1.81 bits per heavy atom. The van der Waals surface area contributed by atoms with Crippen LogP contribution >= 0.6 is 0 Å². The molecule has 26 heavy (non-hydrogen) atoms. The molecular formula is C19H15F2N3O2. The normalized spacial score (nSPS) is 13.6. The summed E-state index contributed by atoms with van der Waals surface area (Å²) in [7, 11) is 0. The highest BCUT2D eigenvalue weighted by Crippen LogP contribution is 2.24. The van der Waals surface area contributed by atoms with Crippen LogP contribution in [0.5, 0.6) is 5.88 Å². The van der Waals surface area contributed by atoms with Gasteiger partial charge in [0.1, 0.15) is 23.9 Å². The molecule has 2 heterocycles. The summed E-state index contributed by atoms with van der Waals surface area (Å²) in [4.78, 5) is 14.3. The van der Waals surface area contributed by atoms with Crippen molar-refractivity contribution >= 4 is 11.6 Å². The fourth-order valence-electron chi connectivity index (χ4n) is 2.88. The van der Waals surface area contributed by atoms with Gasteiger partial charge in [-0.1, -0.05) is 18.2 Å². The zero-order valence-electron chi connectivity index (χ0n) is 13.7. The fourth-order valence-corrected chi connectivity index (χ4v) is 2.88. The summed E-state index contributed by atoms with van der Waals surface area (Å²) < 4.78 is 33.8. The first kappa shape index (κ1) is 16.3. The second-order valence-electron chi connectivity index (χ2n) is 5.90.